The molecule has 1 saturated heterocycles. The maximum absolute atomic E-state index is 13.2. The van der Waals surface area contributed by atoms with E-state index in [9.17, 15) is 18.8 Å². The predicted molar refractivity (Wildman–Crippen MR) is 91.5 cm³/mol. The molecule has 1 unspecified atom stereocenters. The quantitative estimate of drug-likeness (QED) is 0.749. The molecule has 0 aromatic heterocycles. The number of nitrogens with zero attached hydrogens (tertiary/aromatic N) is 1. The summed E-state index contributed by atoms with van der Waals surface area (Å²) < 4.78 is 13.2. The molecule has 0 radical (unpaired) electrons. The van der Waals surface area contributed by atoms with Gasteiger partial charge in [0.25, 0.3) is 11.8 Å². The van der Waals surface area contributed by atoms with E-state index in [4.69, 9.17) is 16.4 Å². The monoisotopic (exact) mass is 375 g/mol. The van der Waals surface area contributed by atoms with Crippen LogP contribution in [0.25, 0.3) is 0 Å². The zero-order valence-corrected chi connectivity index (χ0v) is 14.4. The molecule has 1 aliphatic rings. The lowest BCUT2D eigenvalue weighted by atomic mass is 9.88. The van der Waals surface area contributed by atoms with Gasteiger partial charge in [0.1, 0.15) is 5.82 Å². The van der Waals surface area contributed by atoms with Crippen molar-refractivity contribution >= 4 is 29.4 Å². The van der Waals surface area contributed by atoms with Crippen molar-refractivity contribution in [1.29, 1.82) is 0 Å². The lowest BCUT2D eigenvalue weighted by Gasteiger charge is -2.19. The third kappa shape index (κ3) is 4.08. The molecule has 3 rings (SSSR count). The fourth-order valence-electron chi connectivity index (χ4n) is 2.78. The van der Waals surface area contributed by atoms with Crippen LogP contribution in [0.4, 0.5) is 4.39 Å². The summed E-state index contributed by atoms with van der Waals surface area (Å²) in [6.07, 6.45) is -0.0559. The van der Waals surface area contributed by atoms with Gasteiger partial charge in [-0.05, 0) is 35.4 Å². The summed E-state index contributed by atoms with van der Waals surface area (Å²) >= 11 is 5.91. The molecule has 2 amide bonds. The van der Waals surface area contributed by atoms with Crippen LogP contribution in [0.3, 0.4) is 0 Å². The first kappa shape index (κ1) is 18.1. The Kier molecular flexibility index (Phi) is 5.32. The van der Waals surface area contributed by atoms with E-state index >= 15 is 0 Å². The number of carbonyl (C=O) groups is 3. The SMILES string of the molecule is O=C(CC(c1ccc(F)cc1)c1ccc(Cl)cc1)ON1C(=O)CCC1=O. The van der Waals surface area contributed by atoms with Gasteiger partial charge < -0.3 is 4.84 Å². The van der Waals surface area contributed by atoms with Gasteiger partial charge >= 0.3 is 5.97 Å². The molecule has 26 heavy (non-hydrogen) atoms. The van der Waals surface area contributed by atoms with Crippen molar-refractivity contribution in [3.63, 3.8) is 0 Å². The Balaban J connectivity index is 1.82. The van der Waals surface area contributed by atoms with Gasteiger partial charge in [-0.25, -0.2) is 9.18 Å². The van der Waals surface area contributed by atoms with Gasteiger partial charge in [-0.2, -0.15) is 0 Å². The number of halogens is 2. The average molecular weight is 376 g/mol. The van der Waals surface area contributed by atoms with Crippen molar-refractivity contribution in [1.82, 2.24) is 5.06 Å². The molecule has 0 bridgehead atoms. The number of imide groups is 1. The lowest BCUT2D eigenvalue weighted by molar-refractivity contribution is -0.197. The third-order valence-electron chi connectivity index (χ3n) is 4.11. The highest BCUT2D eigenvalue weighted by Crippen LogP contribution is 2.30. The Bertz CT molecular complexity index is 774. The van der Waals surface area contributed by atoms with E-state index in [0.717, 1.165) is 5.56 Å². The average Bonchev–Trinajstić information content (AvgIpc) is 2.93. The first-order valence-corrected chi connectivity index (χ1v) is 8.39. The molecule has 1 atom stereocenters. The van der Waals surface area contributed by atoms with Gasteiger partial charge in [0.2, 0.25) is 0 Å². The molecule has 0 saturated carbocycles. The van der Waals surface area contributed by atoms with Gasteiger partial charge in [0, 0.05) is 23.8 Å². The Labute approximate surface area is 154 Å². The largest absolute Gasteiger partial charge is 0.334 e. The summed E-state index contributed by atoms with van der Waals surface area (Å²) in [6.45, 7) is 0. The van der Waals surface area contributed by atoms with Crippen LogP contribution in [0.2, 0.25) is 5.02 Å². The fourth-order valence-corrected chi connectivity index (χ4v) is 2.91. The maximum Gasteiger partial charge on any atom is 0.334 e. The molecule has 1 fully saturated rings. The van der Waals surface area contributed by atoms with Crippen molar-refractivity contribution in [2.75, 3.05) is 0 Å². The first-order valence-electron chi connectivity index (χ1n) is 8.01. The molecule has 5 nitrogen and oxygen atoms in total. The van der Waals surface area contributed by atoms with Gasteiger partial charge in [0.05, 0.1) is 6.42 Å². The molecule has 2 aromatic carbocycles. The Morgan fingerprint density at radius 3 is 2.04 bits per heavy atom. The zero-order chi connectivity index (χ0) is 18.7. The van der Waals surface area contributed by atoms with Crippen LogP contribution in [0.1, 0.15) is 36.3 Å². The standard InChI is InChI=1S/C19H15ClFNO4/c20-14-5-1-12(2-6-14)16(13-3-7-15(21)8-4-13)11-19(25)26-22-17(23)9-10-18(22)24/h1-8,16H,9-11H2. The Morgan fingerprint density at radius 2 is 1.50 bits per heavy atom. The summed E-state index contributed by atoms with van der Waals surface area (Å²) in [5.74, 6) is -2.62. The number of hydrogen-bond donors (Lipinski definition) is 0. The Morgan fingerprint density at radius 1 is 1.00 bits per heavy atom. The third-order valence-corrected chi connectivity index (χ3v) is 4.37. The molecule has 0 N–H and O–H groups in total. The second-order valence-corrected chi connectivity index (χ2v) is 6.34. The first-order chi connectivity index (χ1) is 12.4. The normalized spacial score (nSPS) is 15.2. The number of amides is 2. The second kappa shape index (κ2) is 7.66. The topological polar surface area (TPSA) is 63.7 Å². The Hall–Kier alpha value is -2.73. The van der Waals surface area contributed by atoms with Crippen LogP contribution < -0.4 is 0 Å². The molecule has 1 heterocycles. The lowest BCUT2D eigenvalue weighted by Crippen LogP contribution is -2.32. The minimum absolute atomic E-state index is 0.0324. The van der Waals surface area contributed by atoms with Crippen molar-refractivity contribution in [2.45, 2.75) is 25.2 Å². The maximum atomic E-state index is 13.2. The minimum atomic E-state index is -0.724. The zero-order valence-electron chi connectivity index (χ0n) is 13.7. The van der Waals surface area contributed by atoms with Gasteiger partial charge in [0.15, 0.2) is 0 Å². The van der Waals surface area contributed by atoms with Gasteiger partial charge in [-0.15, -0.1) is 5.06 Å². The van der Waals surface area contributed by atoms with Gasteiger partial charge in [-0.3, -0.25) is 9.59 Å². The molecular formula is C19H15ClFNO4. The number of hydrogen-bond acceptors (Lipinski definition) is 4. The highest BCUT2D eigenvalue weighted by molar-refractivity contribution is 6.30. The second-order valence-electron chi connectivity index (χ2n) is 5.90. The van der Waals surface area contributed by atoms with Gasteiger partial charge in [-0.1, -0.05) is 35.9 Å². The van der Waals surface area contributed by atoms with E-state index in [0.29, 0.717) is 15.6 Å². The molecular weight excluding hydrogens is 361 g/mol. The minimum Gasteiger partial charge on any atom is -0.330 e. The van der Waals surface area contributed by atoms with Crippen LogP contribution in [0.5, 0.6) is 0 Å². The highest BCUT2D eigenvalue weighted by atomic mass is 35.5. The summed E-state index contributed by atoms with van der Waals surface area (Å²) in [7, 11) is 0. The number of benzene rings is 2. The van der Waals surface area contributed by atoms with E-state index in [1.807, 2.05) is 0 Å². The van der Waals surface area contributed by atoms with Crippen molar-refractivity contribution in [3.05, 3.63) is 70.5 Å². The summed E-state index contributed by atoms with van der Waals surface area (Å²) in [6, 6.07) is 12.7. The van der Waals surface area contributed by atoms with Crippen LogP contribution in [-0.4, -0.2) is 22.8 Å². The van der Waals surface area contributed by atoms with E-state index in [1.165, 1.54) is 12.1 Å². The fraction of sp³-hybridized carbons (Fsp3) is 0.211. The number of rotatable bonds is 5. The molecule has 1 aliphatic heterocycles. The van der Waals surface area contributed by atoms with Crippen LogP contribution >= 0.6 is 11.6 Å². The van der Waals surface area contributed by atoms with Crippen LogP contribution in [0, 0.1) is 5.82 Å². The summed E-state index contributed by atoms with van der Waals surface area (Å²) in [5, 5.41) is 1.06. The smallest absolute Gasteiger partial charge is 0.330 e. The van der Waals surface area contributed by atoms with Crippen LogP contribution in [-0.2, 0) is 19.2 Å². The van der Waals surface area contributed by atoms with Crippen molar-refractivity contribution in [2.24, 2.45) is 0 Å². The molecule has 0 aliphatic carbocycles. The van der Waals surface area contributed by atoms with E-state index in [2.05, 4.69) is 0 Å². The molecule has 2 aromatic rings. The number of carbonyl (C=O) groups excluding carboxylic acids is 3. The van der Waals surface area contributed by atoms with E-state index in [1.54, 1.807) is 36.4 Å². The van der Waals surface area contributed by atoms with E-state index < -0.39 is 23.7 Å². The molecule has 7 heteroatoms. The van der Waals surface area contributed by atoms with E-state index in [-0.39, 0.29) is 25.1 Å². The van der Waals surface area contributed by atoms with Crippen molar-refractivity contribution < 1.29 is 23.6 Å². The predicted octanol–water partition coefficient (Wildman–Crippen LogP) is 3.61. The summed E-state index contributed by atoms with van der Waals surface area (Å²) in [5.41, 5.74) is 1.47. The highest BCUT2D eigenvalue weighted by Gasteiger charge is 2.33. The summed E-state index contributed by atoms with van der Waals surface area (Å²) in [4.78, 5) is 40.4. The van der Waals surface area contributed by atoms with Crippen LogP contribution in [0.15, 0.2) is 48.5 Å². The molecule has 134 valence electrons. The number of hydroxylamine groups is 2. The molecule has 0 spiro atoms. The van der Waals surface area contributed by atoms with Crippen molar-refractivity contribution in [3.8, 4) is 0 Å².